The summed E-state index contributed by atoms with van der Waals surface area (Å²) >= 11 is 0. The first-order chi connectivity index (χ1) is 5.93. The average molecular weight is 159 g/mol. The van der Waals surface area contributed by atoms with Gasteiger partial charge in [0.05, 0.1) is 12.3 Å². The summed E-state index contributed by atoms with van der Waals surface area (Å²) in [5.74, 6) is 1.04. The maximum Gasteiger partial charge on any atom is 0.144 e. The molecular formula is C10H9NO. The maximum absolute atomic E-state index is 5.51. The lowest BCUT2D eigenvalue weighted by Crippen LogP contribution is -2.11. The van der Waals surface area contributed by atoms with Crippen molar-refractivity contribution in [2.75, 3.05) is 6.61 Å². The number of allylic oxidation sites excluding steroid dienone is 4. The van der Waals surface area contributed by atoms with E-state index >= 15 is 0 Å². The predicted octanol–water partition coefficient (Wildman–Crippen LogP) is 1.96. The Hall–Kier alpha value is -1.31. The highest BCUT2D eigenvalue weighted by atomic mass is 16.5. The van der Waals surface area contributed by atoms with Crippen LogP contribution >= 0.6 is 0 Å². The van der Waals surface area contributed by atoms with Gasteiger partial charge in [-0.3, -0.25) is 4.99 Å². The van der Waals surface area contributed by atoms with Gasteiger partial charge >= 0.3 is 0 Å². The highest BCUT2D eigenvalue weighted by Crippen LogP contribution is 2.32. The Labute approximate surface area is 70.9 Å². The Morgan fingerprint density at radius 2 is 2.42 bits per heavy atom. The molecule has 3 rings (SSSR count). The first-order valence-electron chi connectivity index (χ1n) is 4.23. The van der Waals surface area contributed by atoms with E-state index in [0.717, 1.165) is 30.9 Å². The molecule has 2 heterocycles. The zero-order chi connectivity index (χ0) is 7.97. The quantitative estimate of drug-likeness (QED) is 0.529. The van der Waals surface area contributed by atoms with E-state index in [2.05, 4.69) is 17.1 Å². The van der Waals surface area contributed by atoms with Crippen LogP contribution in [0.5, 0.6) is 0 Å². The molecule has 0 saturated heterocycles. The molecule has 0 N–H and O–H groups in total. The lowest BCUT2D eigenvalue weighted by molar-refractivity contribution is 0.263. The topological polar surface area (TPSA) is 21.6 Å². The zero-order valence-electron chi connectivity index (χ0n) is 6.71. The van der Waals surface area contributed by atoms with Gasteiger partial charge in [-0.05, 0) is 17.2 Å². The number of hydrogen-bond donors (Lipinski definition) is 0. The molecule has 2 heteroatoms. The standard InChI is InChI=1S/C10H9NO/c1-3-11-9-6-7(1)5-8-2-4-12-10(8)9/h1,3,5H,2,4,6H2. The minimum Gasteiger partial charge on any atom is -0.491 e. The third kappa shape index (κ3) is 0.721. The number of hydrogen-bond acceptors (Lipinski definition) is 2. The van der Waals surface area contributed by atoms with Crippen LogP contribution in [-0.4, -0.2) is 12.3 Å². The molecule has 1 aliphatic carbocycles. The van der Waals surface area contributed by atoms with Gasteiger partial charge in [0.1, 0.15) is 5.76 Å². The van der Waals surface area contributed by atoms with Crippen LogP contribution in [0.2, 0.25) is 0 Å². The molecule has 0 unspecified atom stereocenters. The molecule has 0 aromatic carbocycles. The summed E-state index contributed by atoms with van der Waals surface area (Å²) in [5, 5.41) is 0. The van der Waals surface area contributed by atoms with E-state index in [-0.39, 0.29) is 0 Å². The van der Waals surface area contributed by atoms with Crippen LogP contribution in [0.3, 0.4) is 0 Å². The SMILES string of the molecule is C1=CC2=CC3=C(OCC3)C(=N1)C2. The van der Waals surface area contributed by atoms with E-state index in [1.807, 2.05) is 6.20 Å². The van der Waals surface area contributed by atoms with Gasteiger partial charge in [0.15, 0.2) is 0 Å². The first-order valence-corrected chi connectivity index (χ1v) is 4.23. The van der Waals surface area contributed by atoms with Gasteiger partial charge in [0.2, 0.25) is 0 Å². The number of rotatable bonds is 0. The largest absolute Gasteiger partial charge is 0.491 e. The molecule has 0 radical (unpaired) electrons. The molecule has 0 aromatic rings. The molecular weight excluding hydrogens is 150 g/mol. The number of fused-ring (bicyclic) bond motifs is 3. The Balaban J connectivity index is 2.18. The molecule has 2 bridgehead atoms. The van der Waals surface area contributed by atoms with Crippen LogP contribution in [0.1, 0.15) is 12.8 Å². The van der Waals surface area contributed by atoms with Crippen molar-refractivity contribution in [2.45, 2.75) is 12.8 Å². The van der Waals surface area contributed by atoms with Crippen LogP contribution in [0.25, 0.3) is 0 Å². The monoisotopic (exact) mass is 159 g/mol. The highest BCUT2D eigenvalue weighted by Gasteiger charge is 2.25. The van der Waals surface area contributed by atoms with Gasteiger partial charge in [-0.1, -0.05) is 6.08 Å². The Bertz CT molecular complexity index is 358. The molecule has 0 aromatic heterocycles. The molecule has 2 nitrogen and oxygen atoms in total. The third-order valence-electron chi connectivity index (χ3n) is 2.42. The Morgan fingerprint density at radius 1 is 1.42 bits per heavy atom. The van der Waals surface area contributed by atoms with E-state index in [4.69, 9.17) is 4.74 Å². The van der Waals surface area contributed by atoms with Crippen LogP contribution in [0.4, 0.5) is 0 Å². The van der Waals surface area contributed by atoms with Gasteiger partial charge < -0.3 is 4.74 Å². The minimum absolute atomic E-state index is 0.827. The van der Waals surface area contributed by atoms with Crippen molar-refractivity contribution in [1.29, 1.82) is 0 Å². The molecule has 2 aliphatic heterocycles. The van der Waals surface area contributed by atoms with Crippen LogP contribution in [-0.2, 0) is 4.74 Å². The molecule has 0 fully saturated rings. The molecule has 0 saturated carbocycles. The number of aliphatic imine (C=N–C) groups is 1. The average Bonchev–Trinajstić information content (AvgIpc) is 2.53. The van der Waals surface area contributed by atoms with Crippen molar-refractivity contribution in [2.24, 2.45) is 4.99 Å². The van der Waals surface area contributed by atoms with Crippen molar-refractivity contribution >= 4 is 5.71 Å². The number of nitrogens with zero attached hydrogens (tertiary/aromatic N) is 1. The van der Waals surface area contributed by atoms with Crippen LogP contribution in [0.15, 0.2) is 40.2 Å². The molecule has 12 heavy (non-hydrogen) atoms. The summed E-state index contributed by atoms with van der Waals surface area (Å²) in [4.78, 5) is 4.30. The summed E-state index contributed by atoms with van der Waals surface area (Å²) in [6, 6.07) is 0. The highest BCUT2D eigenvalue weighted by molar-refractivity contribution is 6.04. The smallest absolute Gasteiger partial charge is 0.144 e. The fourth-order valence-corrected chi connectivity index (χ4v) is 1.86. The molecule has 3 aliphatic rings. The van der Waals surface area contributed by atoms with Crippen LogP contribution < -0.4 is 0 Å². The summed E-state index contributed by atoms with van der Waals surface area (Å²) in [5.41, 5.74) is 3.81. The summed E-state index contributed by atoms with van der Waals surface area (Å²) < 4.78 is 5.51. The fourth-order valence-electron chi connectivity index (χ4n) is 1.86. The fraction of sp³-hybridized carbons (Fsp3) is 0.300. The second kappa shape index (κ2) is 2.09. The van der Waals surface area contributed by atoms with Crippen molar-refractivity contribution in [1.82, 2.24) is 0 Å². The summed E-state index contributed by atoms with van der Waals surface area (Å²) in [6.07, 6.45) is 8.17. The second-order valence-electron chi connectivity index (χ2n) is 3.24. The lowest BCUT2D eigenvalue weighted by Gasteiger charge is -2.16. The third-order valence-corrected chi connectivity index (χ3v) is 2.42. The number of ether oxygens (including phenoxy) is 1. The van der Waals surface area contributed by atoms with Crippen molar-refractivity contribution in [3.63, 3.8) is 0 Å². The Morgan fingerprint density at radius 3 is 3.42 bits per heavy atom. The summed E-state index contributed by atoms with van der Waals surface area (Å²) in [7, 11) is 0. The van der Waals surface area contributed by atoms with Gasteiger partial charge in [0, 0.05) is 19.0 Å². The van der Waals surface area contributed by atoms with E-state index in [0.29, 0.717) is 0 Å². The normalized spacial score (nSPS) is 24.7. The summed E-state index contributed by atoms with van der Waals surface area (Å²) in [6.45, 7) is 0.827. The lowest BCUT2D eigenvalue weighted by atomic mass is 9.94. The Kier molecular flexibility index (Phi) is 1.09. The van der Waals surface area contributed by atoms with Gasteiger partial charge in [0.25, 0.3) is 0 Å². The molecule has 0 amide bonds. The molecule has 0 spiro atoms. The molecule has 0 atom stereocenters. The minimum atomic E-state index is 0.827. The van der Waals surface area contributed by atoms with Crippen molar-refractivity contribution in [3.8, 4) is 0 Å². The zero-order valence-corrected chi connectivity index (χ0v) is 6.71. The van der Waals surface area contributed by atoms with Gasteiger partial charge in [-0.15, -0.1) is 0 Å². The van der Waals surface area contributed by atoms with E-state index in [9.17, 15) is 0 Å². The van der Waals surface area contributed by atoms with Crippen molar-refractivity contribution in [3.05, 3.63) is 35.3 Å². The van der Waals surface area contributed by atoms with Crippen molar-refractivity contribution < 1.29 is 4.74 Å². The van der Waals surface area contributed by atoms with E-state index in [1.54, 1.807) is 0 Å². The van der Waals surface area contributed by atoms with Crippen LogP contribution in [0, 0.1) is 0 Å². The first kappa shape index (κ1) is 6.23. The predicted molar refractivity (Wildman–Crippen MR) is 46.9 cm³/mol. The van der Waals surface area contributed by atoms with Gasteiger partial charge in [-0.25, -0.2) is 0 Å². The molecule has 60 valence electrons. The van der Waals surface area contributed by atoms with E-state index in [1.165, 1.54) is 11.1 Å². The maximum atomic E-state index is 5.51. The van der Waals surface area contributed by atoms with E-state index < -0.39 is 0 Å². The second-order valence-corrected chi connectivity index (χ2v) is 3.24. The van der Waals surface area contributed by atoms with Gasteiger partial charge in [-0.2, -0.15) is 0 Å².